The predicted molar refractivity (Wildman–Crippen MR) is 90.9 cm³/mol. The maximum absolute atomic E-state index is 12.1. The Balaban J connectivity index is 1.50. The van der Waals surface area contributed by atoms with Crippen molar-refractivity contribution in [2.75, 3.05) is 18.0 Å². The molecule has 118 valence electrons. The quantitative estimate of drug-likeness (QED) is 0.912. The van der Waals surface area contributed by atoms with Crippen molar-refractivity contribution in [1.29, 1.82) is 0 Å². The fraction of sp³-hybridized carbons (Fsp3) is 0.533. The van der Waals surface area contributed by atoms with Gasteiger partial charge in [-0.15, -0.1) is 10.2 Å². The maximum Gasteiger partial charge on any atom is 0.252 e. The lowest BCUT2D eigenvalue weighted by molar-refractivity contribution is 0.0931. The SMILES string of the molecule is CCCc1nnc(N2CCC(NC(=O)c3ccsc3)CC2)s1. The summed E-state index contributed by atoms with van der Waals surface area (Å²) in [5.74, 6) is 0.0425. The minimum absolute atomic E-state index is 0.0425. The van der Waals surface area contributed by atoms with E-state index in [0.29, 0.717) is 0 Å². The van der Waals surface area contributed by atoms with Crippen molar-refractivity contribution in [3.63, 3.8) is 0 Å². The van der Waals surface area contributed by atoms with Gasteiger partial charge in [-0.25, -0.2) is 0 Å². The van der Waals surface area contributed by atoms with Crippen molar-refractivity contribution in [3.05, 3.63) is 27.4 Å². The van der Waals surface area contributed by atoms with Gasteiger partial charge in [0.1, 0.15) is 5.01 Å². The van der Waals surface area contributed by atoms with Crippen LogP contribution in [0.3, 0.4) is 0 Å². The highest BCUT2D eigenvalue weighted by molar-refractivity contribution is 7.15. The predicted octanol–water partition coefficient (Wildman–Crippen LogP) is 2.95. The Kier molecular flexibility index (Phi) is 5.04. The zero-order valence-corrected chi connectivity index (χ0v) is 14.3. The molecule has 0 bridgehead atoms. The topological polar surface area (TPSA) is 58.1 Å². The van der Waals surface area contributed by atoms with Crippen molar-refractivity contribution in [2.24, 2.45) is 0 Å². The number of nitrogens with one attached hydrogen (secondary N) is 1. The number of carbonyl (C=O) groups excluding carboxylic acids is 1. The minimum Gasteiger partial charge on any atom is -0.349 e. The highest BCUT2D eigenvalue weighted by Gasteiger charge is 2.23. The van der Waals surface area contributed by atoms with Crippen LogP contribution in [0.15, 0.2) is 16.8 Å². The lowest BCUT2D eigenvalue weighted by atomic mass is 10.1. The van der Waals surface area contributed by atoms with E-state index in [1.54, 1.807) is 22.7 Å². The average Bonchev–Trinajstić information content (AvgIpc) is 3.20. The molecule has 0 atom stereocenters. The fourth-order valence-electron chi connectivity index (χ4n) is 2.56. The molecule has 1 amide bonds. The summed E-state index contributed by atoms with van der Waals surface area (Å²) >= 11 is 3.25. The molecule has 0 spiro atoms. The van der Waals surface area contributed by atoms with Crippen LogP contribution < -0.4 is 10.2 Å². The van der Waals surface area contributed by atoms with Crippen LogP contribution in [0.1, 0.15) is 41.6 Å². The Hall–Kier alpha value is -1.47. The Labute approximate surface area is 138 Å². The van der Waals surface area contributed by atoms with E-state index < -0.39 is 0 Å². The van der Waals surface area contributed by atoms with Crippen molar-refractivity contribution >= 4 is 33.7 Å². The first-order chi connectivity index (χ1) is 10.8. The van der Waals surface area contributed by atoms with Crippen LogP contribution >= 0.6 is 22.7 Å². The van der Waals surface area contributed by atoms with Gasteiger partial charge in [-0.2, -0.15) is 11.3 Å². The highest BCUT2D eigenvalue weighted by atomic mass is 32.1. The second-order valence-corrected chi connectivity index (χ2v) is 7.30. The highest BCUT2D eigenvalue weighted by Crippen LogP contribution is 2.24. The molecule has 3 heterocycles. The van der Waals surface area contributed by atoms with E-state index in [4.69, 9.17) is 0 Å². The van der Waals surface area contributed by atoms with Gasteiger partial charge in [0.05, 0.1) is 0 Å². The molecule has 0 aromatic carbocycles. The van der Waals surface area contributed by atoms with Crippen LogP contribution in [-0.2, 0) is 6.42 Å². The minimum atomic E-state index is 0.0425. The lowest BCUT2D eigenvalue weighted by Crippen LogP contribution is -2.44. The number of amides is 1. The van der Waals surface area contributed by atoms with Crippen molar-refractivity contribution < 1.29 is 4.79 Å². The van der Waals surface area contributed by atoms with Gasteiger partial charge in [-0.3, -0.25) is 4.79 Å². The second kappa shape index (κ2) is 7.19. The normalized spacial score (nSPS) is 16.0. The van der Waals surface area contributed by atoms with E-state index in [1.165, 1.54) is 0 Å². The summed E-state index contributed by atoms with van der Waals surface area (Å²) in [6.07, 6.45) is 4.02. The smallest absolute Gasteiger partial charge is 0.252 e. The molecule has 2 aromatic rings. The molecule has 1 aliphatic rings. The first-order valence-electron chi connectivity index (χ1n) is 7.66. The molecule has 0 unspecified atom stereocenters. The number of rotatable bonds is 5. The average molecular weight is 336 g/mol. The summed E-state index contributed by atoms with van der Waals surface area (Å²) in [5.41, 5.74) is 0.765. The van der Waals surface area contributed by atoms with Crippen LogP contribution in [0.2, 0.25) is 0 Å². The number of hydrogen-bond donors (Lipinski definition) is 1. The van der Waals surface area contributed by atoms with E-state index in [2.05, 4.69) is 27.3 Å². The summed E-state index contributed by atoms with van der Waals surface area (Å²) in [6, 6.07) is 2.12. The molecule has 0 radical (unpaired) electrons. The summed E-state index contributed by atoms with van der Waals surface area (Å²) in [6.45, 7) is 4.01. The zero-order chi connectivity index (χ0) is 15.4. The largest absolute Gasteiger partial charge is 0.349 e. The second-order valence-electron chi connectivity index (χ2n) is 5.48. The molecule has 7 heteroatoms. The number of nitrogens with zero attached hydrogens (tertiary/aromatic N) is 3. The molecular formula is C15H20N4OS2. The van der Waals surface area contributed by atoms with Gasteiger partial charge < -0.3 is 10.2 Å². The first-order valence-corrected chi connectivity index (χ1v) is 9.42. The summed E-state index contributed by atoms with van der Waals surface area (Å²) in [5, 5.41) is 17.6. The van der Waals surface area contributed by atoms with Crippen LogP contribution in [0, 0.1) is 0 Å². The van der Waals surface area contributed by atoms with E-state index >= 15 is 0 Å². The molecule has 3 rings (SSSR count). The Bertz CT molecular complexity index is 603. The van der Waals surface area contributed by atoms with Crippen LogP contribution in [0.4, 0.5) is 5.13 Å². The van der Waals surface area contributed by atoms with Crippen molar-refractivity contribution in [1.82, 2.24) is 15.5 Å². The van der Waals surface area contributed by atoms with Gasteiger partial charge in [0.25, 0.3) is 5.91 Å². The van der Waals surface area contributed by atoms with Crippen molar-refractivity contribution in [2.45, 2.75) is 38.6 Å². The molecule has 1 aliphatic heterocycles. The number of aryl methyl sites for hydroxylation is 1. The molecule has 2 aromatic heterocycles. The van der Waals surface area contributed by atoms with E-state index in [9.17, 15) is 4.79 Å². The number of anilines is 1. The van der Waals surface area contributed by atoms with Gasteiger partial charge in [-0.1, -0.05) is 18.3 Å². The molecule has 1 fully saturated rings. The third kappa shape index (κ3) is 3.64. The van der Waals surface area contributed by atoms with Gasteiger partial charge in [-0.05, 0) is 30.7 Å². The monoisotopic (exact) mass is 336 g/mol. The van der Waals surface area contributed by atoms with Gasteiger partial charge in [0, 0.05) is 36.5 Å². The Morgan fingerprint density at radius 1 is 1.41 bits per heavy atom. The summed E-state index contributed by atoms with van der Waals surface area (Å²) < 4.78 is 0. The Morgan fingerprint density at radius 2 is 2.23 bits per heavy atom. The van der Waals surface area contributed by atoms with Gasteiger partial charge in [0.2, 0.25) is 5.13 Å². The Morgan fingerprint density at radius 3 is 2.91 bits per heavy atom. The number of piperidine rings is 1. The molecule has 0 aliphatic carbocycles. The standard InChI is InChI=1S/C15H20N4OS2/c1-2-3-13-17-18-15(22-13)19-7-4-12(5-8-19)16-14(20)11-6-9-21-10-11/h6,9-10,12H,2-5,7-8H2,1H3,(H,16,20). The van der Waals surface area contributed by atoms with Gasteiger partial charge >= 0.3 is 0 Å². The number of thiophene rings is 1. The van der Waals surface area contributed by atoms with Crippen LogP contribution in [0.25, 0.3) is 0 Å². The number of carbonyl (C=O) groups is 1. The van der Waals surface area contributed by atoms with E-state index in [1.807, 2.05) is 16.8 Å². The van der Waals surface area contributed by atoms with Crippen molar-refractivity contribution in [3.8, 4) is 0 Å². The molecule has 22 heavy (non-hydrogen) atoms. The lowest BCUT2D eigenvalue weighted by Gasteiger charge is -2.31. The number of aromatic nitrogens is 2. The molecule has 5 nitrogen and oxygen atoms in total. The molecule has 0 saturated carbocycles. The van der Waals surface area contributed by atoms with E-state index in [0.717, 1.165) is 54.5 Å². The van der Waals surface area contributed by atoms with Gasteiger partial charge in [0.15, 0.2) is 0 Å². The maximum atomic E-state index is 12.1. The van der Waals surface area contributed by atoms with Crippen LogP contribution in [0.5, 0.6) is 0 Å². The zero-order valence-electron chi connectivity index (χ0n) is 12.6. The summed E-state index contributed by atoms with van der Waals surface area (Å²) in [7, 11) is 0. The van der Waals surface area contributed by atoms with E-state index in [-0.39, 0.29) is 11.9 Å². The van der Waals surface area contributed by atoms with Crippen LogP contribution in [-0.4, -0.2) is 35.2 Å². The first kappa shape index (κ1) is 15.4. The third-order valence-electron chi connectivity index (χ3n) is 3.80. The number of hydrogen-bond acceptors (Lipinski definition) is 6. The molecule has 1 saturated heterocycles. The fourth-order valence-corrected chi connectivity index (χ4v) is 4.19. The summed E-state index contributed by atoms with van der Waals surface area (Å²) in [4.78, 5) is 14.3. The third-order valence-corrected chi connectivity index (χ3v) is 5.53. The molecular weight excluding hydrogens is 316 g/mol. The molecule has 1 N–H and O–H groups in total.